The van der Waals surface area contributed by atoms with Crippen LogP contribution in [0.15, 0.2) is 70.6 Å². The van der Waals surface area contributed by atoms with Crippen molar-refractivity contribution >= 4 is 11.3 Å². The third-order valence-corrected chi connectivity index (χ3v) is 6.46. The van der Waals surface area contributed by atoms with Gasteiger partial charge in [-0.25, -0.2) is 9.97 Å². The molecule has 146 valence electrons. The minimum atomic E-state index is 0.403. The predicted octanol–water partition coefficient (Wildman–Crippen LogP) is 6.11. The lowest BCUT2D eigenvalue weighted by Gasteiger charge is -2.21. The molecule has 0 spiro atoms. The molecule has 2 aromatic carbocycles. The molecule has 1 saturated heterocycles. The van der Waals surface area contributed by atoms with Gasteiger partial charge in [0.25, 0.3) is 0 Å². The van der Waals surface area contributed by atoms with E-state index in [-0.39, 0.29) is 0 Å². The van der Waals surface area contributed by atoms with Gasteiger partial charge < -0.3 is 4.42 Å². The van der Waals surface area contributed by atoms with Crippen LogP contribution in [-0.2, 0) is 6.54 Å². The van der Waals surface area contributed by atoms with Gasteiger partial charge in [0.1, 0.15) is 10.8 Å². The lowest BCUT2D eigenvalue weighted by atomic mass is 10.0. The lowest BCUT2D eigenvalue weighted by molar-refractivity contribution is 0.244. The van der Waals surface area contributed by atoms with Crippen molar-refractivity contribution in [2.75, 3.05) is 6.54 Å². The van der Waals surface area contributed by atoms with Crippen molar-refractivity contribution in [2.24, 2.45) is 0 Å². The molecule has 0 unspecified atom stereocenters. The first-order chi connectivity index (χ1) is 14.3. The first-order valence-electron chi connectivity index (χ1n) is 10.0. The van der Waals surface area contributed by atoms with Gasteiger partial charge >= 0.3 is 0 Å². The Kier molecular flexibility index (Phi) is 5.00. The van der Waals surface area contributed by atoms with Crippen LogP contribution in [0.4, 0.5) is 0 Å². The average Bonchev–Trinajstić information content (AvgIpc) is 3.51. The van der Waals surface area contributed by atoms with E-state index >= 15 is 0 Å². The number of nitrogens with zero attached hydrogens (tertiary/aromatic N) is 3. The number of aryl methyl sites for hydroxylation is 1. The van der Waals surface area contributed by atoms with E-state index in [2.05, 4.69) is 63.8 Å². The molecule has 0 aliphatic carbocycles. The normalized spacial score (nSPS) is 17.1. The van der Waals surface area contributed by atoms with E-state index in [1.165, 1.54) is 22.6 Å². The van der Waals surface area contributed by atoms with Crippen LogP contribution in [0, 0.1) is 6.92 Å². The number of oxazole rings is 1. The summed E-state index contributed by atoms with van der Waals surface area (Å²) in [6.45, 7) is 3.90. The maximum Gasteiger partial charge on any atom is 0.226 e. The van der Waals surface area contributed by atoms with E-state index in [4.69, 9.17) is 9.40 Å². The predicted molar refractivity (Wildman–Crippen MR) is 117 cm³/mol. The Bertz CT molecular complexity index is 1070. The molecule has 1 aliphatic rings. The largest absolute Gasteiger partial charge is 0.441 e. The van der Waals surface area contributed by atoms with Crippen LogP contribution < -0.4 is 0 Å². The Labute approximate surface area is 174 Å². The number of benzene rings is 2. The number of rotatable bonds is 5. The van der Waals surface area contributed by atoms with Gasteiger partial charge in [-0.15, -0.1) is 11.3 Å². The van der Waals surface area contributed by atoms with Crippen LogP contribution in [-0.4, -0.2) is 21.4 Å². The third kappa shape index (κ3) is 3.76. The molecule has 3 heterocycles. The molecule has 4 nitrogen and oxygen atoms in total. The summed E-state index contributed by atoms with van der Waals surface area (Å²) >= 11 is 1.74. The van der Waals surface area contributed by atoms with Gasteiger partial charge in [-0.2, -0.15) is 0 Å². The van der Waals surface area contributed by atoms with Gasteiger partial charge in [-0.3, -0.25) is 4.90 Å². The number of thiazole rings is 1. The zero-order valence-corrected chi connectivity index (χ0v) is 17.2. The van der Waals surface area contributed by atoms with Crippen molar-refractivity contribution in [1.82, 2.24) is 14.9 Å². The molecule has 4 aromatic rings. The van der Waals surface area contributed by atoms with Crippen LogP contribution in [0.2, 0.25) is 0 Å². The van der Waals surface area contributed by atoms with E-state index in [1.54, 1.807) is 11.3 Å². The molecule has 5 heteroatoms. The zero-order valence-electron chi connectivity index (χ0n) is 16.4. The monoisotopic (exact) mass is 401 g/mol. The number of likely N-dealkylation sites (tertiary alicyclic amines) is 1. The van der Waals surface area contributed by atoms with Crippen molar-refractivity contribution in [3.8, 4) is 22.6 Å². The van der Waals surface area contributed by atoms with Gasteiger partial charge in [0.2, 0.25) is 5.89 Å². The van der Waals surface area contributed by atoms with Crippen molar-refractivity contribution in [3.05, 3.63) is 82.6 Å². The molecule has 1 aliphatic heterocycles. The van der Waals surface area contributed by atoms with Gasteiger partial charge in [-0.05, 0) is 49.6 Å². The Morgan fingerprint density at radius 1 is 1.03 bits per heavy atom. The van der Waals surface area contributed by atoms with Crippen molar-refractivity contribution in [3.63, 3.8) is 0 Å². The Morgan fingerprint density at radius 3 is 2.55 bits per heavy atom. The standard InChI is InChI=1S/C24H23N3OS/c1-17-21(16-27-14-5-8-22(27)24-25-13-15-29-24)26-23(28-17)20-11-9-19(10-12-20)18-6-3-2-4-7-18/h2-4,6-7,9-13,15,22H,5,8,14,16H2,1H3/t22-/m1/s1. The topological polar surface area (TPSA) is 42.2 Å². The summed E-state index contributed by atoms with van der Waals surface area (Å²) in [5.41, 5.74) is 4.44. The van der Waals surface area contributed by atoms with E-state index < -0.39 is 0 Å². The van der Waals surface area contributed by atoms with Crippen LogP contribution in [0.1, 0.15) is 35.3 Å². The van der Waals surface area contributed by atoms with Crippen molar-refractivity contribution < 1.29 is 4.42 Å². The summed E-state index contributed by atoms with van der Waals surface area (Å²) in [6.07, 6.45) is 4.27. The second-order valence-corrected chi connectivity index (χ2v) is 8.39. The minimum absolute atomic E-state index is 0.403. The second-order valence-electron chi connectivity index (χ2n) is 7.46. The maximum absolute atomic E-state index is 6.03. The number of hydrogen-bond acceptors (Lipinski definition) is 5. The third-order valence-electron chi connectivity index (χ3n) is 5.58. The maximum atomic E-state index is 6.03. The summed E-state index contributed by atoms with van der Waals surface area (Å²) in [6, 6.07) is 19.2. The number of hydrogen-bond donors (Lipinski definition) is 0. The highest BCUT2D eigenvalue weighted by Gasteiger charge is 2.29. The summed E-state index contributed by atoms with van der Waals surface area (Å²) < 4.78 is 6.03. The molecule has 0 amide bonds. The molecular weight excluding hydrogens is 378 g/mol. The second kappa shape index (κ2) is 7.93. The molecule has 0 N–H and O–H groups in total. The van der Waals surface area contributed by atoms with Crippen molar-refractivity contribution in [2.45, 2.75) is 32.4 Å². The average molecular weight is 402 g/mol. The molecule has 2 aromatic heterocycles. The number of aromatic nitrogens is 2. The van der Waals surface area contributed by atoms with Gasteiger partial charge in [-0.1, -0.05) is 42.5 Å². The van der Waals surface area contributed by atoms with Crippen LogP contribution in [0.25, 0.3) is 22.6 Å². The van der Waals surface area contributed by atoms with Gasteiger partial charge in [0.15, 0.2) is 0 Å². The fraction of sp³-hybridized carbons (Fsp3) is 0.250. The smallest absolute Gasteiger partial charge is 0.226 e. The van der Waals surface area contributed by atoms with E-state index in [9.17, 15) is 0 Å². The summed E-state index contributed by atoms with van der Waals surface area (Å²) in [4.78, 5) is 11.8. The summed E-state index contributed by atoms with van der Waals surface area (Å²) in [5.74, 6) is 1.60. The van der Waals surface area contributed by atoms with Crippen molar-refractivity contribution in [1.29, 1.82) is 0 Å². The Balaban J connectivity index is 1.35. The minimum Gasteiger partial charge on any atom is -0.441 e. The Hall–Kier alpha value is -2.76. The first-order valence-corrected chi connectivity index (χ1v) is 10.9. The molecule has 0 saturated carbocycles. The quantitative estimate of drug-likeness (QED) is 0.404. The lowest BCUT2D eigenvalue weighted by Crippen LogP contribution is -2.23. The van der Waals surface area contributed by atoms with Crippen LogP contribution in [0.3, 0.4) is 0 Å². The molecule has 0 radical (unpaired) electrons. The highest BCUT2D eigenvalue weighted by atomic mass is 32.1. The fourth-order valence-electron chi connectivity index (χ4n) is 4.02. The van der Waals surface area contributed by atoms with E-state index in [0.29, 0.717) is 11.9 Å². The van der Waals surface area contributed by atoms with Crippen LogP contribution in [0.5, 0.6) is 0 Å². The molecular formula is C24H23N3OS. The first kappa shape index (κ1) is 18.3. The van der Waals surface area contributed by atoms with Crippen LogP contribution >= 0.6 is 11.3 Å². The molecule has 1 atom stereocenters. The highest BCUT2D eigenvalue weighted by Crippen LogP contribution is 2.35. The zero-order chi connectivity index (χ0) is 19.6. The van der Waals surface area contributed by atoms with E-state index in [0.717, 1.165) is 36.5 Å². The molecule has 1 fully saturated rings. The Morgan fingerprint density at radius 2 is 1.79 bits per heavy atom. The SMILES string of the molecule is Cc1oc(-c2ccc(-c3ccccc3)cc2)nc1CN1CCC[C@@H]1c1nccs1. The molecule has 0 bridgehead atoms. The molecule has 29 heavy (non-hydrogen) atoms. The summed E-state index contributed by atoms with van der Waals surface area (Å²) in [5, 5.41) is 3.27. The van der Waals surface area contributed by atoms with E-state index in [1.807, 2.05) is 19.2 Å². The van der Waals surface area contributed by atoms with Gasteiger partial charge in [0.05, 0.1) is 11.7 Å². The fourth-order valence-corrected chi connectivity index (χ4v) is 4.83. The highest BCUT2D eigenvalue weighted by molar-refractivity contribution is 7.09. The summed E-state index contributed by atoms with van der Waals surface area (Å²) in [7, 11) is 0. The molecule has 5 rings (SSSR count). The van der Waals surface area contributed by atoms with Gasteiger partial charge in [0, 0.05) is 23.7 Å².